The molecule has 22 heavy (non-hydrogen) atoms. The smallest absolute Gasteiger partial charge is 0.0659 e. The van der Waals surface area contributed by atoms with Crippen molar-refractivity contribution in [2.45, 2.75) is 13.8 Å². The number of halogens is 1. The second-order valence-corrected chi connectivity index (χ2v) is 6.23. The average Bonchev–Trinajstić information content (AvgIpc) is 2.88. The summed E-state index contributed by atoms with van der Waals surface area (Å²) in [7, 11) is 0. The van der Waals surface area contributed by atoms with Gasteiger partial charge in [0.2, 0.25) is 0 Å². The first kappa shape index (κ1) is 14.8. The second-order valence-electron chi connectivity index (χ2n) is 5.31. The Morgan fingerprint density at radius 1 is 1.00 bits per heavy atom. The van der Waals surface area contributed by atoms with Crippen molar-refractivity contribution in [2.75, 3.05) is 0 Å². The Hall–Kier alpha value is -2.13. The number of hydrogen-bond donors (Lipinski definition) is 0. The van der Waals surface area contributed by atoms with Gasteiger partial charge in [-0.3, -0.25) is 4.99 Å². The van der Waals surface area contributed by atoms with E-state index < -0.39 is 0 Å². The number of hydrogen-bond acceptors (Lipinski definition) is 1. The van der Waals surface area contributed by atoms with Crippen molar-refractivity contribution in [1.82, 2.24) is 4.57 Å². The van der Waals surface area contributed by atoms with Crippen LogP contribution in [0.4, 0.5) is 5.69 Å². The Morgan fingerprint density at radius 3 is 2.50 bits per heavy atom. The Morgan fingerprint density at radius 2 is 1.77 bits per heavy atom. The van der Waals surface area contributed by atoms with Gasteiger partial charge in [-0.2, -0.15) is 0 Å². The quantitative estimate of drug-likeness (QED) is 0.545. The molecule has 110 valence electrons. The monoisotopic (exact) mass is 352 g/mol. The zero-order valence-electron chi connectivity index (χ0n) is 12.6. The first-order valence-corrected chi connectivity index (χ1v) is 7.97. The van der Waals surface area contributed by atoms with Crippen molar-refractivity contribution in [2.24, 2.45) is 4.99 Å². The number of aliphatic imine (C=N–C) groups is 1. The van der Waals surface area contributed by atoms with E-state index in [0.717, 1.165) is 21.3 Å². The molecule has 0 aliphatic heterocycles. The van der Waals surface area contributed by atoms with Gasteiger partial charge in [0.25, 0.3) is 0 Å². The third-order valence-corrected chi connectivity index (χ3v) is 4.07. The van der Waals surface area contributed by atoms with Crippen LogP contribution < -0.4 is 0 Å². The van der Waals surface area contributed by atoms with E-state index in [-0.39, 0.29) is 0 Å². The van der Waals surface area contributed by atoms with E-state index in [1.807, 2.05) is 36.5 Å². The fourth-order valence-corrected chi connectivity index (χ4v) is 2.92. The molecular formula is C19H17BrN2. The second kappa shape index (κ2) is 6.32. The fourth-order valence-electron chi connectivity index (χ4n) is 2.44. The molecule has 0 saturated carbocycles. The molecule has 0 spiro atoms. The lowest BCUT2D eigenvalue weighted by Crippen LogP contribution is -1.93. The van der Waals surface area contributed by atoms with E-state index in [1.165, 1.54) is 11.4 Å². The summed E-state index contributed by atoms with van der Waals surface area (Å²) in [5.41, 5.74) is 5.61. The normalized spacial score (nSPS) is 11.2. The average molecular weight is 353 g/mol. The number of nitrogens with zero attached hydrogens (tertiary/aromatic N) is 2. The summed E-state index contributed by atoms with van der Waals surface area (Å²) >= 11 is 3.48. The van der Waals surface area contributed by atoms with Gasteiger partial charge in [0.1, 0.15) is 0 Å². The molecule has 0 bridgehead atoms. The summed E-state index contributed by atoms with van der Waals surface area (Å²) in [5.74, 6) is 0. The van der Waals surface area contributed by atoms with Crippen molar-refractivity contribution < 1.29 is 0 Å². The molecule has 1 heterocycles. The van der Waals surface area contributed by atoms with Gasteiger partial charge in [-0.1, -0.05) is 34.1 Å². The number of aryl methyl sites for hydroxylation is 2. The summed E-state index contributed by atoms with van der Waals surface area (Å²) < 4.78 is 3.26. The summed E-state index contributed by atoms with van der Waals surface area (Å²) in [6, 6.07) is 18.6. The molecule has 0 aliphatic rings. The van der Waals surface area contributed by atoms with Crippen LogP contribution in [0.5, 0.6) is 0 Å². The molecule has 2 nitrogen and oxygen atoms in total. The standard InChI is InChI=1S/C19H17BrN2/c1-14-10-17(20)8-9-19(14)21-12-16-11-15(2)22(13-16)18-6-4-3-5-7-18/h3-13H,1-2H3. The zero-order valence-corrected chi connectivity index (χ0v) is 14.2. The summed E-state index contributed by atoms with van der Waals surface area (Å²) in [6.07, 6.45) is 4.03. The SMILES string of the molecule is Cc1cc(Br)ccc1N=Cc1cc(C)n(-c2ccccc2)c1. The van der Waals surface area contributed by atoms with Crippen LogP contribution in [0.3, 0.4) is 0 Å². The van der Waals surface area contributed by atoms with Gasteiger partial charge in [-0.05, 0) is 55.8 Å². The van der Waals surface area contributed by atoms with E-state index >= 15 is 0 Å². The van der Waals surface area contributed by atoms with Gasteiger partial charge in [0.15, 0.2) is 0 Å². The van der Waals surface area contributed by atoms with Crippen molar-refractivity contribution in [3.8, 4) is 5.69 Å². The lowest BCUT2D eigenvalue weighted by molar-refractivity contribution is 1.02. The van der Waals surface area contributed by atoms with Crippen LogP contribution in [0.1, 0.15) is 16.8 Å². The van der Waals surface area contributed by atoms with Crippen LogP contribution in [0.25, 0.3) is 5.69 Å². The van der Waals surface area contributed by atoms with Gasteiger partial charge >= 0.3 is 0 Å². The maximum absolute atomic E-state index is 4.61. The minimum Gasteiger partial charge on any atom is -0.321 e. The first-order valence-electron chi connectivity index (χ1n) is 7.18. The van der Waals surface area contributed by atoms with E-state index in [4.69, 9.17) is 0 Å². The molecule has 3 aromatic rings. The molecular weight excluding hydrogens is 336 g/mol. The number of rotatable bonds is 3. The van der Waals surface area contributed by atoms with E-state index in [2.05, 4.69) is 69.8 Å². The Labute approximate surface area is 139 Å². The van der Waals surface area contributed by atoms with Crippen LogP contribution in [0.15, 0.2) is 70.3 Å². The Bertz CT molecular complexity index is 817. The predicted octanol–water partition coefficient (Wildman–Crippen LogP) is 5.61. The Kier molecular flexibility index (Phi) is 4.25. The van der Waals surface area contributed by atoms with Crippen LogP contribution in [0, 0.1) is 13.8 Å². The first-order chi connectivity index (χ1) is 10.6. The molecule has 3 heteroatoms. The van der Waals surface area contributed by atoms with Crippen molar-refractivity contribution in [1.29, 1.82) is 0 Å². The number of benzene rings is 2. The van der Waals surface area contributed by atoms with E-state index in [9.17, 15) is 0 Å². The summed E-state index contributed by atoms with van der Waals surface area (Å²) in [4.78, 5) is 4.61. The zero-order chi connectivity index (χ0) is 15.5. The number of aromatic nitrogens is 1. The highest BCUT2D eigenvalue weighted by molar-refractivity contribution is 9.10. The van der Waals surface area contributed by atoms with E-state index in [1.54, 1.807) is 0 Å². The topological polar surface area (TPSA) is 17.3 Å². The van der Waals surface area contributed by atoms with Gasteiger partial charge < -0.3 is 4.57 Å². The molecule has 0 atom stereocenters. The highest BCUT2D eigenvalue weighted by atomic mass is 79.9. The van der Waals surface area contributed by atoms with Crippen molar-refractivity contribution in [3.05, 3.63) is 82.1 Å². The Balaban J connectivity index is 1.89. The van der Waals surface area contributed by atoms with E-state index in [0.29, 0.717) is 0 Å². The van der Waals surface area contributed by atoms with Crippen molar-refractivity contribution >= 4 is 27.8 Å². The largest absolute Gasteiger partial charge is 0.321 e. The molecule has 0 aliphatic carbocycles. The molecule has 2 aromatic carbocycles. The van der Waals surface area contributed by atoms with Gasteiger partial charge in [-0.15, -0.1) is 0 Å². The highest BCUT2D eigenvalue weighted by Crippen LogP contribution is 2.23. The summed E-state index contributed by atoms with van der Waals surface area (Å²) in [5, 5.41) is 0. The van der Waals surface area contributed by atoms with Crippen molar-refractivity contribution in [3.63, 3.8) is 0 Å². The molecule has 3 rings (SSSR count). The van der Waals surface area contributed by atoms with Gasteiger partial charge in [0.05, 0.1) is 5.69 Å². The molecule has 0 radical (unpaired) electrons. The van der Waals surface area contributed by atoms with Crippen LogP contribution in [-0.4, -0.2) is 10.8 Å². The van der Waals surface area contributed by atoms with Crippen LogP contribution in [-0.2, 0) is 0 Å². The van der Waals surface area contributed by atoms with Gasteiger partial charge in [-0.25, -0.2) is 0 Å². The van der Waals surface area contributed by atoms with Crippen LogP contribution >= 0.6 is 15.9 Å². The highest BCUT2D eigenvalue weighted by Gasteiger charge is 2.03. The number of para-hydroxylation sites is 1. The predicted molar refractivity (Wildman–Crippen MR) is 96.6 cm³/mol. The minimum absolute atomic E-state index is 0.994. The third kappa shape index (κ3) is 3.20. The third-order valence-electron chi connectivity index (χ3n) is 3.58. The maximum Gasteiger partial charge on any atom is 0.0659 e. The fraction of sp³-hybridized carbons (Fsp3) is 0.105. The molecule has 0 fully saturated rings. The summed E-state index contributed by atoms with van der Waals surface area (Å²) in [6.45, 7) is 4.17. The molecule has 0 amide bonds. The molecule has 1 aromatic heterocycles. The minimum atomic E-state index is 0.994. The molecule has 0 N–H and O–H groups in total. The van der Waals surface area contributed by atoms with Gasteiger partial charge in [0, 0.05) is 33.8 Å². The lowest BCUT2D eigenvalue weighted by Gasteiger charge is -2.04. The molecule has 0 unspecified atom stereocenters. The van der Waals surface area contributed by atoms with Crippen LogP contribution in [0.2, 0.25) is 0 Å². The molecule has 0 saturated heterocycles. The maximum atomic E-state index is 4.61. The lowest BCUT2D eigenvalue weighted by atomic mass is 10.2.